The van der Waals surface area contributed by atoms with E-state index in [1.807, 2.05) is 44.2 Å². The van der Waals surface area contributed by atoms with Gasteiger partial charge in [-0.2, -0.15) is 0 Å². The molecule has 122 valence electrons. The fourth-order valence-corrected chi connectivity index (χ4v) is 2.35. The predicted molar refractivity (Wildman–Crippen MR) is 93.7 cm³/mol. The summed E-state index contributed by atoms with van der Waals surface area (Å²) < 4.78 is 5.77. The summed E-state index contributed by atoms with van der Waals surface area (Å²) in [5.74, 6) is 0.787. The number of amides is 1. The Morgan fingerprint density at radius 1 is 1.13 bits per heavy atom. The normalized spacial score (nSPS) is 10.4. The van der Waals surface area contributed by atoms with E-state index >= 15 is 0 Å². The minimum Gasteiger partial charge on any atom is -0.493 e. The van der Waals surface area contributed by atoms with Gasteiger partial charge in [0.05, 0.1) is 13.0 Å². The molecule has 2 aromatic rings. The molecule has 0 atom stereocenters. The van der Waals surface area contributed by atoms with Crippen LogP contribution in [-0.4, -0.2) is 12.5 Å². The zero-order chi connectivity index (χ0) is 16.8. The van der Waals surface area contributed by atoms with Crippen LogP contribution < -0.4 is 15.8 Å². The summed E-state index contributed by atoms with van der Waals surface area (Å²) in [5.41, 5.74) is 10.8. The van der Waals surface area contributed by atoms with Crippen LogP contribution in [0.1, 0.15) is 28.7 Å². The molecule has 2 aromatic carbocycles. The number of benzene rings is 2. The molecule has 1 amide bonds. The van der Waals surface area contributed by atoms with E-state index in [4.69, 9.17) is 10.5 Å². The third kappa shape index (κ3) is 4.83. The van der Waals surface area contributed by atoms with E-state index in [1.54, 1.807) is 0 Å². The van der Waals surface area contributed by atoms with Gasteiger partial charge >= 0.3 is 0 Å². The molecule has 0 heterocycles. The van der Waals surface area contributed by atoms with Crippen molar-refractivity contribution in [3.05, 3.63) is 58.7 Å². The van der Waals surface area contributed by atoms with E-state index in [9.17, 15) is 4.79 Å². The monoisotopic (exact) mass is 312 g/mol. The lowest BCUT2D eigenvalue weighted by Crippen LogP contribution is -2.15. The molecule has 23 heavy (non-hydrogen) atoms. The van der Waals surface area contributed by atoms with Gasteiger partial charge in [-0.05, 0) is 61.2 Å². The van der Waals surface area contributed by atoms with E-state index in [0.717, 1.165) is 28.1 Å². The van der Waals surface area contributed by atoms with Crippen molar-refractivity contribution in [1.82, 2.24) is 0 Å². The van der Waals surface area contributed by atoms with Gasteiger partial charge in [0, 0.05) is 12.2 Å². The zero-order valence-corrected chi connectivity index (χ0v) is 14.0. The van der Waals surface area contributed by atoms with Crippen molar-refractivity contribution in [2.75, 3.05) is 11.9 Å². The second-order valence-corrected chi connectivity index (χ2v) is 5.75. The Bertz CT molecular complexity index is 679. The van der Waals surface area contributed by atoms with Gasteiger partial charge in [0.1, 0.15) is 5.75 Å². The number of carbonyl (C=O) groups is 1. The summed E-state index contributed by atoms with van der Waals surface area (Å²) in [5, 5.41) is 2.86. The van der Waals surface area contributed by atoms with Crippen molar-refractivity contribution in [3.63, 3.8) is 0 Å². The average Bonchev–Trinajstić information content (AvgIpc) is 2.52. The molecular weight excluding hydrogens is 288 g/mol. The zero-order valence-electron chi connectivity index (χ0n) is 14.0. The van der Waals surface area contributed by atoms with Crippen molar-refractivity contribution < 1.29 is 9.53 Å². The topological polar surface area (TPSA) is 64.3 Å². The average molecular weight is 312 g/mol. The molecule has 0 aliphatic heterocycles. The van der Waals surface area contributed by atoms with Crippen LogP contribution in [0.2, 0.25) is 0 Å². The number of hydrogen-bond donors (Lipinski definition) is 2. The second kappa shape index (κ2) is 7.79. The molecule has 3 N–H and O–H groups in total. The predicted octanol–water partition coefficient (Wildman–Crippen LogP) is 3.48. The molecular formula is C19H24N2O2. The second-order valence-electron chi connectivity index (χ2n) is 5.75. The van der Waals surface area contributed by atoms with Crippen LogP contribution in [-0.2, 0) is 11.3 Å². The highest BCUT2D eigenvalue weighted by molar-refractivity contribution is 5.90. The highest BCUT2D eigenvalue weighted by atomic mass is 16.5. The molecule has 0 radical (unpaired) electrons. The van der Waals surface area contributed by atoms with E-state index in [2.05, 4.69) is 18.3 Å². The fraction of sp³-hybridized carbons (Fsp3) is 0.316. The molecule has 0 unspecified atom stereocenters. The van der Waals surface area contributed by atoms with E-state index in [0.29, 0.717) is 19.6 Å². The van der Waals surface area contributed by atoms with Crippen LogP contribution >= 0.6 is 0 Å². The molecule has 0 aliphatic carbocycles. The minimum atomic E-state index is -0.0625. The van der Waals surface area contributed by atoms with E-state index in [-0.39, 0.29) is 5.91 Å². The summed E-state index contributed by atoms with van der Waals surface area (Å²) in [6.07, 6.45) is 0.311. The van der Waals surface area contributed by atoms with Gasteiger partial charge in [0.2, 0.25) is 5.91 Å². The third-order valence-electron chi connectivity index (χ3n) is 3.82. The van der Waals surface area contributed by atoms with Gasteiger partial charge in [-0.1, -0.05) is 18.2 Å². The largest absolute Gasteiger partial charge is 0.493 e. The Morgan fingerprint density at radius 3 is 2.48 bits per heavy atom. The summed E-state index contributed by atoms with van der Waals surface area (Å²) >= 11 is 0. The van der Waals surface area contributed by atoms with Crippen molar-refractivity contribution in [1.29, 1.82) is 0 Å². The van der Waals surface area contributed by atoms with Gasteiger partial charge in [0.25, 0.3) is 0 Å². The van der Waals surface area contributed by atoms with Gasteiger partial charge in [-0.3, -0.25) is 4.79 Å². The third-order valence-corrected chi connectivity index (χ3v) is 3.82. The Morgan fingerprint density at radius 2 is 1.83 bits per heavy atom. The molecule has 0 aromatic heterocycles. The molecule has 0 spiro atoms. The molecule has 0 bridgehead atoms. The number of anilines is 1. The Hall–Kier alpha value is -2.33. The van der Waals surface area contributed by atoms with Crippen molar-refractivity contribution in [2.45, 2.75) is 33.7 Å². The SMILES string of the molecule is Cc1cc(C)c(C)c(OCCC(=O)Nc2ccc(CN)cc2)c1. The first-order chi connectivity index (χ1) is 11.0. The van der Waals surface area contributed by atoms with Crippen LogP contribution in [0, 0.1) is 20.8 Å². The summed E-state index contributed by atoms with van der Waals surface area (Å²) in [6, 6.07) is 11.7. The molecule has 0 aliphatic rings. The number of hydrogen-bond acceptors (Lipinski definition) is 3. The maximum Gasteiger partial charge on any atom is 0.227 e. The lowest BCUT2D eigenvalue weighted by Gasteiger charge is -2.12. The highest BCUT2D eigenvalue weighted by Crippen LogP contribution is 2.23. The fourth-order valence-electron chi connectivity index (χ4n) is 2.35. The first kappa shape index (κ1) is 17.0. The van der Waals surface area contributed by atoms with Crippen molar-refractivity contribution >= 4 is 11.6 Å². The van der Waals surface area contributed by atoms with Gasteiger partial charge in [0.15, 0.2) is 0 Å². The number of carbonyl (C=O) groups excluding carboxylic acids is 1. The first-order valence-electron chi connectivity index (χ1n) is 7.79. The minimum absolute atomic E-state index is 0.0625. The summed E-state index contributed by atoms with van der Waals surface area (Å²) in [6.45, 7) is 6.99. The van der Waals surface area contributed by atoms with Crippen LogP contribution in [0.3, 0.4) is 0 Å². The van der Waals surface area contributed by atoms with Gasteiger partial charge < -0.3 is 15.8 Å². The molecule has 4 heteroatoms. The molecule has 2 rings (SSSR count). The molecule has 0 saturated heterocycles. The number of nitrogens with one attached hydrogen (secondary N) is 1. The highest BCUT2D eigenvalue weighted by Gasteiger charge is 2.06. The van der Waals surface area contributed by atoms with E-state index in [1.165, 1.54) is 5.56 Å². The lowest BCUT2D eigenvalue weighted by atomic mass is 10.1. The van der Waals surface area contributed by atoms with Gasteiger partial charge in [-0.15, -0.1) is 0 Å². The number of rotatable bonds is 6. The van der Waals surface area contributed by atoms with Crippen LogP contribution in [0.4, 0.5) is 5.69 Å². The maximum atomic E-state index is 12.0. The van der Waals surface area contributed by atoms with Crippen LogP contribution in [0.15, 0.2) is 36.4 Å². The summed E-state index contributed by atoms with van der Waals surface area (Å²) in [4.78, 5) is 12.0. The van der Waals surface area contributed by atoms with Crippen LogP contribution in [0.5, 0.6) is 5.75 Å². The maximum absolute atomic E-state index is 12.0. The first-order valence-corrected chi connectivity index (χ1v) is 7.79. The quantitative estimate of drug-likeness (QED) is 0.858. The summed E-state index contributed by atoms with van der Waals surface area (Å²) in [7, 11) is 0. The standard InChI is InChI=1S/C19H24N2O2/c1-13-10-14(2)15(3)18(11-13)23-9-8-19(22)21-17-6-4-16(12-20)5-7-17/h4-7,10-11H,8-9,12,20H2,1-3H3,(H,21,22). The molecule has 0 fully saturated rings. The lowest BCUT2D eigenvalue weighted by molar-refractivity contribution is -0.116. The van der Waals surface area contributed by atoms with Gasteiger partial charge in [-0.25, -0.2) is 0 Å². The Labute approximate surface area is 137 Å². The number of nitrogens with two attached hydrogens (primary N) is 1. The van der Waals surface area contributed by atoms with E-state index < -0.39 is 0 Å². The number of ether oxygens (including phenoxy) is 1. The molecule has 0 saturated carbocycles. The van der Waals surface area contributed by atoms with Crippen molar-refractivity contribution in [3.8, 4) is 5.75 Å². The van der Waals surface area contributed by atoms with Crippen LogP contribution in [0.25, 0.3) is 0 Å². The van der Waals surface area contributed by atoms with Crippen molar-refractivity contribution in [2.24, 2.45) is 5.73 Å². The Kier molecular flexibility index (Phi) is 5.77. The smallest absolute Gasteiger partial charge is 0.227 e. The number of aryl methyl sites for hydroxylation is 2. The molecule has 4 nitrogen and oxygen atoms in total. The Balaban J connectivity index is 1.85.